The molecule has 0 aromatic carbocycles. The third kappa shape index (κ3) is 1.91. The number of nitrogens with one attached hydrogen (secondary N) is 1. The Labute approximate surface area is 70.1 Å². The summed E-state index contributed by atoms with van der Waals surface area (Å²) in [6, 6.07) is 5.06. The van der Waals surface area contributed by atoms with E-state index in [-0.39, 0.29) is 0 Å². The summed E-state index contributed by atoms with van der Waals surface area (Å²) in [6.07, 6.45) is -0.958. The Hall–Kier alpha value is -1.17. The Bertz CT molecular complexity index is 254. The number of hydrogen-bond acceptors (Lipinski definition) is 5. The molecule has 0 aliphatic carbocycles. The molecule has 1 atom stereocenters. The number of ether oxygens (including phenoxy) is 1. The maximum Gasteiger partial charge on any atom is 0.213 e. The Morgan fingerprint density at radius 2 is 2.42 bits per heavy atom. The normalized spacial score (nSPS) is 12.6. The summed E-state index contributed by atoms with van der Waals surface area (Å²) in [6.45, 7) is 0. The summed E-state index contributed by atoms with van der Waals surface area (Å²) < 4.78 is 4.86. The maximum absolute atomic E-state index is 9.20. The summed E-state index contributed by atoms with van der Waals surface area (Å²) in [4.78, 5) is 3.95. The fourth-order valence-corrected chi connectivity index (χ4v) is 0.782. The maximum atomic E-state index is 9.20. The number of aliphatic hydroxyl groups is 1. The smallest absolute Gasteiger partial charge is 0.213 e. The topological polar surface area (TPSA) is 80.4 Å². The number of methoxy groups -OCH3 is 1. The van der Waals surface area contributed by atoms with Crippen LogP contribution in [0.5, 0.6) is 5.88 Å². The average molecular weight is 169 g/mol. The lowest BCUT2D eigenvalue weighted by Crippen LogP contribution is -2.28. The molecule has 1 rings (SSSR count). The van der Waals surface area contributed by atoms with Gasteiger partial charge in [0, 0.05) is 6.07 Å². The molecule has 5 heteroatoms. The van der Waals surface area contributed by atoms with Gasteiger partial charge < -0.3 is 9.84 Å². The fourth-order valence-electron chi connectivity index (χ4n) is 0.782. The lowest BCUT2D eigenvalue weighted by Gasteiger charge is -2.08. The van der Waals surface area contributed by atoms with Crippen LogP contribution in [0.3, 0.4) is 0 Å². The highest BCUT2D eigenvalue weighted by Gasteiger charge is 2.06. The Balaban J connectivity index is 2.86. The van der Waals surface area contributed by atoms with Gasteiger partial charge in [-0.25, -0.2) is 10.4 Å². The quantitative estimate of drug-likeness (QED) is 0.324. The predicted octanol–water partition coefficient (Wildman–Crippen LogP) is -0.456. The minimum atomic E-state index is -0.958. The van der Waals surface area contributed by atoms with Gasteiger partial charge in [-0.3, -0.25) is 5.84 Å². The van der Waals surface area contributed by atoms with E-state index < -0.39 is 6.23 Å². The molecule has 0 saturated carbocycles. The average Bonchev–Trinajstić information content (AvgIpc) is 2.17. The Morgan fingerprint density at radius 3 is 3.00 bits per heavy atom. The van der Waals surface area contributed by atoms with Gasteiger partial charge in [0.25, 0.3) is 0 Å². The van der Waals surface area contributed by atoms with Crippen LogP contribution < -0.4 is 16.0 Å². The molecule has 1 unspecified atom stereocenters. The highest BCUT2D eigenvalue weighted by Crippen LogP contribution is 2.10. The van der Waals surface area contributed by atoms with Crippen molar-refractivity contribution in [1.29, 1.82) is 0 Å². The zero-order chi connectivity index (χ0) is 8.97. The molecule has 0 radical (unpaired) electrons. The molecule has 1 heterocycles. The van der Waals surface area contributed by atoms with Crippen LogP contribution in [-0.2, 0) is 0 Å². The van der Waals surface area contributed by atoms with Gasteiger partial charge in [0.2, 0.25) is 5.88 Å². The molecule has 4 N–H and O–H groups in total. The van der Waals surface area contributed by atoms with Crippen molar-refractivity contribution < 1.29 is 9.84 Å². The van der Waals surface area contributed by atoms with Crippen molar-refractivity contribution in [1.82, 2.24) is 10.4 Å². The second-order valence-electron chi connectivity index (χ2n) is 2.17. The highest BCUT2D eigenvalue weighted by molar-refractivity contribution is 5.16. The second-order valence-corrected chi connectivity index (χ2v) is 2.17. The summed E-state index contributed by atoms with van der Waals surface area (Å²) in [7, 11) is 1.51. The van der Waals surface area contributed by atoms with E-state index in [1.807, 2.05) is 0 Å². The number of pyridine rings is 1. The third-order valence-electron chi connectivity index (χ3n) is 1.39. The molecule has 5 nitrogen and oxygen atoms in total. The molecule has 0 spiro atoms. The molecule has 0 amide bonds. The van der Waals surface area contributed by atoms with Crippen molar-refractivity contribution in [3.63, 3.8) is 0 Å². The Kier molecular flexibility index (Phi) is 2.98. The first-order valence-corrected chi connectivity index (χ1v) is 3.43. The van der Waals surface area contributed by atoms with Crippen LogP contribution in [-0.4, -0.2) is 17.2 Å². The van der Waals surface area contributed by atoms with Crippen LogP contribution in [0.2, 0.25) is 0 Å². The lowest BCUT2D eigenvalue weighted by molar-refractivity contribution is 0.134. The summed E-state index contributed by atoms with van der Waals surface area (Å²) in [5, 5.41) is 9.20. The first-order chi connectivity index (χ1) is 5.77. The second kappa shape index (κ2) is 4.01. The summed E-state index contributed by atoms with van der Waals surface area (Å²) in [5.74, 6) is 5.46. The fraction of sp³-hybridized carbons (Fsp3) is 0.286. The van der Waals surface area contributed by atoms with Crippen molar-refractivity contribution >= 4 is 0 Å². The van der Waals surface area contributed by atoms with Gasteiger partial charge >= 0.3 is 0 Å². The van der Waals surface area contributed by atoms with Crippen molar-refractivity contribution in [2.24, 2.45) is 5.84 Å². The molecule has 0 bridgehead atoms. The van der Waals surface area contributed by atoms with E-state index in [2.05, 4.69) is 10.4 Å². The van der Waals surface area contributed by atoms with Crippen molar-refractivity contribution in [2.75, 3.05) is 7.11 Å². The van der Waals surface area contributed by atoms with Gasteiger partial charge in [0.15, 0.2) is 6.23 Å². The predicted molar refractivity (Wildman–Crippen MR) is 43.1 cm³/mol. The summed E-state index contributed by atoms with van der Waals surface area (Å²) >= 11 is 0. The van der Waals surface area contributed by atoms with E-state index in [1.54, 1.807) is 18.2 Å². The lowest BCUT2D eigenvalue weighted by atomic mass is 10.3. The highest BCUT2D eigenvalue weighted by atomic mass is 16.5. The molecular weight excluding hydrogens is 158 g/mol. The summed E-state index contributed by atoms with van der Waals surface area (Å²) in [5.41, 5.74) is 2.60. The van der Waals surface area contributed by atoms with Crippen LogP contribution in [0.4, 0.5) is 0 Å². The van der Waals surface area contributed by atoms with Gasteiger partial charge in [0.05, 0.1) is 12.8 Å². The van der Waals surface area contributed by atoms with Gasteiger partial charge in [-0.05, 0) is 6.07 Å². The molecule has 1 aromatic rings. The number of nitrogens with two attached hydrogens (primary N) is 1. The molecule has 12 heavy (non-hydrogen) atoms. The molecule has 1 aromatic heterocycles. The van der Waals surface area contributed by atoms with E-state index in [0.29, 0.717) is 11.6 Å². The van der Waals surface area contributed by atoms with Crippen LogP contribution in [0.25, 0.3) is 0 Å². The minimum absolute atomic E-state index is 0.428. The van der Waals surface area contributed by atoms with E-state index in [1.165, 1.54) is 7.11 Å². The van der Waals surface area contributed by atoms with Crippen LogP contribution >= 0.6 is 0 Å². The van der Waals surface area contributed by atoms with Crippen LogP contribution in [0.1, 0.15) is 11.9 Å². The SMILES string of the molecule is COc1cccc(C(O)NN)n1. The third-order valence-corrected chi connectivity index (χ3v) is 1.39. The largest absolute Gasteiger partial charge is 0.481 e. The molecule has 0 aliphatic heterocycles. The van der Waals surface area contributed by atoms with Crippen molar-refractivity contribution in [2.45, 2.75) is 6.23 Å². The number of aromatic nitrogens is 1. The van der Waals surface area contributed by atoms with Gasteiger partial charge in [-0.2, -0.15) is 0 Å². The first kappa shape index (κ1) is 8.92. The number of rotatable bonds is 3. The van der Waals surface area contributed by atoms with E-state index in [4.69, 9.17) is 10.6 Å². The van der Waals surface area contributed by atoms with E-state index >= 15 is 0 Å². The van der Waals surface area contributed by atoms with E-state index in [0.717, 1.165) is 0 Å². The minimum Gasteiger partial charge on any atom is -0.481 e. The zero-order valence-electron chi connectivity index (χ0n) is 6.69. The number of aliphatic hydroxyl groups excluding tert-OH is 1. The first-order valence-electron chi connectivity index (χ1n) is 3.43. The molecule has 66 valence electrons. The Morgan fingerprint density at radius 1 is 1.67 bits per heavy atom. The number of nitrogens with zero attached hydrogens (tertiary/aromatic N) is 1. The van der Waals surface area contributed by atoms with Crippen molar-refractivity contribution in [3.8, 4) is 5.88 Å². The monoisotopic (exact) mass is 169 g/mol. The molecular formula is C7H11N3O2. The van der Waals surface area contributed by atoms with E-state index in [9.17, 15) is 5.11 Å². The standard InChI is InChI=1S/C7H11N3O2/c1-12-6-4-2-3-5(9-6)7(11)10-8/h2-4,7,10-11H,8H2,1H3. The van der Waals surface area contributed by atoms with Crippen LogP contribution in [0.15, 0.2) is 18.2 Å². The molecule has 0 fully saturated rings. The van der Waals surface area contributed by atoms with Crippen molar-refractivity contribution in [3.05, 3.63) is 23.9 Å². The number of hydrazine groups is 1. The van der Waals surface area contributed by atoms with Crippen LogP contribution in [0, 0.1) is 0 Å². The van der Waals surface area contributed by atoms with Gasteiger partial charge in [-0.15, -0.1) is 0 Å². The zero-order valence-corrected chi connectivity index (χ0v) is 6.69. The van der Waals surface area contributed by atoms with Gasteiger partial charge in [0.1, 0.15) is 0 Å². The van der Waals surface area contributed by atoms with Gasteiger partial charge in [-0.1, -0.05) is 6.07 Å². The molecule has 0 aliphatic rings. The molecule has 0 saturated heterocycles. The number of hydrogen-bond donors (Lipinski definition) is 3.